The Bertz CT molecular complexity index is 182. The SMILES string of the molecule is CC.CC(C)OC(=O)/C=C/C(=O)O. The number of hydrogen-bond acceptors (Lipinski definition) is 3. The fraction of sp³-hybridized carbons (Fsp3) is 0.556. The maximum atomic E-state index is 10.6. The summed E-state index contributed by atoms with van der Waals surface area (Å²) in [6.07, 6.45) is 1.40. The molecule has 13 heavy (non-hydrogen) atoms. The molecular weight excluding hydrogens is 172 g/mol. The highest BCUT2D eigenvalue weighted by Gasteiger charge is 1.99. The largest absolute Gasteiger partial charge is 0.478 e. The zero-order chi connectivity index (χ0) is 10.9. The van der Waals surface area contributed by atoms with Gasteiger partial charge in [-0.15, -0.1) is 0 Å². The van der Waals surface area contributed by atoms with Crippen LogP contribution in [0.1, 0.15) is 27.7 Å². The van der Waals surface area contributed by atoms with E-state index in [0.29, 0.717) is 0 Å². The van der Waals surface area contributed by atoms with Crippen LogP contribution in [-0.2, 0) is 14.3 Å². The lowest BCUT2D eigenvalue weighted by molar-refractivity contribution is -0.142. The second-order valence-electron chi connectivity index (χ2n) is 2.16. The molecule has 0 fully saturated rings. The van der Waals surface area contributed by atoms with Crippen LogP contribution < -0.4 is 0 Å². The lowest BCUT2D eigenvalue weighted by Gasteiger charge is -2.02. The van der Waals surface area contributed by atoms with Gasteiger partial charge < -0.3 is 9.84 Å². The molecule has 4 nitrogen and oxygen atoms in total. The predicted molar refractivity (Wildman–Crippen MR) is 49.4 cm³/mol. The quantitative estimate of drug-likeness (QED) is 0.539. The predicted octanol–water partition coefficient (Wildman–Crippen LogP) is 1.60. The van der Waals surface area contributed by atoms with Gasteiger partial charge in [-0.3, -0.25) is 0 Å². The van der Waals surface area contributed by atoms with Gasteiger partial charge >= 0.3 is 11.9 Å². The molecule has 0 aliphatic heterocycles. The Balaban J connectivity index is 0. The van der Waals surface area contributed by atoms with Crippen molar-refractivity contribution in [3.63, 3.8) is 0 Å². The molecular formula is C9H16O4. The highest BCUT2D eigenvalue weighted by Crippen LogP contribution is 1.89. The van der Waals surface area contributed by atoms with Crippen molar-refractivity contribution in [1.82, 2.24) is 0 Å². The average Bonchev–Trinajstić information content (AvgIpc) is 2.03. The first-order chi connectivity index (χ1) is 6.02. The zero-order valence-corrected chi connectivity index (χ0v) is 8.40. The molecule has 0 spiro atoms. The van der Waals surface area contributed by atoms with Gasteiger partial charge in [-0.05, 0) is 13.8 Å². The van der Waals surface area contributed by atoms with Crippen LogP contribution in [0.5, 0.6) is 0 Å². The summed E-state index contributed by atoms with van der Waals surface area (Å²) in [6.45, 7) is 7.37. The highest BCUT2D eigenvalue weighted by molar-refractivity contribution is 5.90. The Hall–Kier alpha value is -1.32. The second kappa shape index (κ2) is 8.77. The summed E-state index contributed by atoms with van der Waals surface area (Å²) >= 11 is 0. The summed E-state index contributed by atoms with van der Waals surface area (Å²) in [6, 6.07) is 0. The van der Waals surface area contributed by atoms with Crippen molar-refractivity contribution in [1.29, 1.82) is 0 Å². The first-order valence-corrected chi connectivity index (χ1v) is 4.14. The van der Waals surface area contributed by atoms with E-state index in [1.807, 2.05) is 13.8 Å². The fourth-order valence-electron chi connectivity index (χ4n) is 0.411. The minimum absolute atomic E-state index is 0.221. The lowest BCUT2D eigenvalue weighted by Crippen LogP contribution is -2.08. The molecule has 1 N–H and O–H groups in total. The molecule has 0 atom stereocenters. The topological polar surface area (TPSA) is 63.6 Å². The molecule has 0 aromatic heterocycles. The highest BCUT2D eigenvalue weighted by atomic mass is 16.5. The third-order valence-electron chi connectivity index (χ3n) is 0.714. The molecule has 0 bridgehead atoms. The Kier molecular flexibility index (Phi) is 9.60. The van der Waals surface area contributed by atoms with Gasteiger partial charge in [-0.2, -0.15) is 0 Å². The lowest BCUT2D eigenvalue weighted by atomic mass is 10.4. The molecule has 4 heteroatoms. The number of carboxylic acids is 1. The summed E-state index contributed by atoms with van der Waals surface area (Å²) in [7, 11) is 0. The minimum atomic E-state index is -1.16. The summed E-state index contributed by atoms with van der Waals surface area (Å²) in [4.78, 5) is 20.5. The van der Waals surface area contributed by atoms with Crippen molar-refractivity contribution in [3.8, 4) is 0 Å². The van der Waals surface area contributed by atoms with Gasteiger partial charge in [0.2, 0.25) is 0 Å². The zero-order valence-electron chi connectivity index (χ0n) is 8.40. The van der Waals surface area contributed by atoms with Crippen molar-refractivity contribution >= 4 is 11.9 Å². The molecule has 0 unspecified atom stereocenters. The van der Waals surface area contributed by atoms with Crippen LogP contribution in [0.25, 0.3) is 0 Å². The third-order valence-corrected chi connectivity index (χ3v) is 0.714. The first kappa shape index (κ1) is 14.2. The van der Waals surface area contributed by atoms with Crippen molar-refractivity contribution in [2.45, 2.75) is 33.8 Å². The molecule has 0 saturated heterocycles. The van der Waals surface area contributed by atoms with Gasteiger partial charge in [0.05, 0.1) is 6.10 Å². The van der Waals surface area contributed by atoms with Crippen molar-refractivity contribution in [2.75, 3.05) is 0 Å². The molecule has 0 aromatic rings. The second-order valence-corrected chi connectivity index (χ2v) is 2.16. The van der Waals surface area contributed by atoms with Gasteiger partial charge in [0.1, 0.15) is 0 Å². The van der Waals surface area contributed by atoms with E-state index in [2.05, 4.69) is 4.74 Å². The van der Waals surface area contributed by atoms with E-state index in [4.69, 9.17) is 5.11 Å². The maximum absolute atomic E-state index is 10.6. The van der Waals surface area contributed by atoms with Crippen molar-refractivity contribution in [3.05, 3.63) is 12.2 Å². The standard InChI is InChI=1S/C7H10O4.C2H6/c1-5(2)11-7(10)4-3-6(8)9;1-2/h3-5H,1-2H3,(H,8,9);1-2H3/b4-3+;. The number of carboxylic acid groups (broad SMARTS) is 1. The van der Waals surface area contributed by atoms with Crippen LogP contribution in [0, 0.1) is 0 Å². The number of aliphatic carboxylic acids is 1. The summed E-state index contributed by atoms with van der Waals surface area (Å²) < 4.78 is 4.61. The average molecular weight is 188 g/mol. The molecule has 0 aromatic carbocycles. The maximum Gasteiger partial charge on any atom is 0.331 e. The number of esters is 1. The fourth-order valence-corrected chi connectivity index (χ4v) is 0.411. The van der Waals surface area contributed by atoms with E-state index >= 15 is 0 Å². The van der Waals surface area contributed by atoms with Crippen LogP contribution in [0.2, 0.25) is 0 Å². The Morgan fingerprint density at radius 1 is 1.23 bits per heavy atom. The molecule has 0 heterocycles. The number of carbonyl (C=O) groups is 2. The molecule has 0 rings (SSSR count). The van der Waals surface area contributed by atoms with E-state index in [1.54, 1.807) is 13.8 Å². The van der Waals surface area contributed by atoms with Gasteiger partial charge in [0.15, 0.2) is 0 Å². The van der Waals surface area contributed by atoms with Crippen molar-refractivity contribution in [2.24, 2.45) is 0 Å². The Labute approximate surface area is 78.2 Å². The van der Waals surface area contributed by atoms with E-state index in [-0.39, 0.29) is 6.10 Å². The van der Waals surface area contributed by atoms with Gasteiger partial charge in [-0.1, -0.05) is 13.8 Å². The van der Waals surface area contributed by atoms with Crippen LogP contribution in [-0.4, -0.2) is 23.1 Å². The molecule has 0 saturated carbocycles. The summed E-state index contributed by atoms with van der Waals surface area (Å²) in [5, 5.41) is 8.10. The molecule has 0 aliphatic rings. The number of carbonyl (C=O) groups excluding carboxylic acids is 1. The van der Waals surface area contributed by atoms with Crippen LogP contribution >= 0.6 is 0 Å². The van der Waals surface area contributed by atoms with Crippen LogP contribution in [0.15, 0.2) is 12.2 Å². The first-order valence-electron chi connectivity index (χ1n) is 4.14. The van der Waals surface area contributed by atoms with Gasteiger partial charge in [0, 0.05) is 12.2 Å². The number of hydrogen-bond donors (Lipinski definition) is 1. The Morgan fingerprint density at radius 3 is 2.00 bits per heavy atom. The van der Waals surface area contributed by atoms with Crippen LogP contribution in [0.4, 0.5) is 0 Å². The van der Waals surface area contributed by atoms with Gasteiger partial charge in [-0.25, -0.2) is 9.59 Å². The summed E-state index contributed by atoms with van der Waals surface area (Å²) in [5.74, 6) is -1.80. The minimum Gasteiger partial charge on any atom is -0.478 e. The van der Waals surface area contributed by atoms with Crippen molar-refractivity contribution < 1.29 is 19.4 Å². The molecule has 0 amide bonds. The smallest absolute Gasteiger partial charge is 0.331 e. The van der Waals surface area contributed by atoms with E-state index in [0.717, 1.165) is 12.2 Å². The molecule has 76 valence electrons. The molecule has 0 aliphatic carbocycles. The van der Waals surface area contributed by atoms with Crippen LogP contribution in [0.3, 0.4) is 0 Å². The Morgan fingerprint density at radius 2 is 1.69 bits per heavy atom. The van der Waals surface area contributed by atoms with E-state index < -0.39 is 11.9 Å². The van der Waals surface area contributed by atoms with E-state index in [1.165, 1.54) is 0 Å². The summed E-state index contributed by atoms with van der Waals surface area (Å²) in [5.41, 5.74) is 0. The normalized spacial score (nSPS) is 9.31. The monoisotopic (exact) mass is 188 g/mol. The van der Waals surface area contributed by atoms with Gasteiger partial charge in [0.25, 0.3) is 0 Å². The molecule has 0 radical (unpaired) electrons. The number of ether oxygens (including phenoxy) is 1. The number of rotatable bonds is 3. The third kappa shape index (κ3) is 13.6. The van der Waals surface area contributed by atoms with E-state index in [9.17, 15) is 9.59 Å².